The van der Waals surface area contributed by atoms with Crippen LogP contribution in [0.25, 0.3) is 10.1 Å². The van der Waals surface area contributed by atoms with Gasteiger partial charge in [-0.05, 0) is 43.4 Å². The van der Waals surface area contributed by atoms with Crippen LogP contribution in [0.1, 0.15) is 37.3 Å². The normalized spacial score (nSPS) is 23.3. The third-order valence-corrected chi connectivity index (χ3v) is 6.92. The van der Waals surface area contributed by atoms with E-state index in [1.54, 1.807) is 11.5 Å². The van der Waals surface area contributed by atoms with Gasteiger partial charge in [0.15, 0.2) is 0 Å². The molecule has 2 aliphatic rings. The van der Waals surface area contributed by atoms with Crippen molar-refractivity contribution in [3.05, 3.63) is 35.9 Å². The Morgan fingerprint density at radius 1 is 1.11 bits per heavy atom. The van der Waals surface area contributed by atoms with Crippen molar-refractivity contribution in [2.45, 2.75) is 44.8 Å². The molecule has 2 fully saturated rings. The lowest BCUT2D eigenvalue weighted by atomic mass is 9.80. The molecule has 148 valence electrons. The first kappa shape index (κ1) is 18.0. The number of nitrogens with zero attached hydrogens (tertiary/aromatic N) is 6. The van der Waals surface area contributed by atoms with Crippen molar-refractivity contribution in [3.8, 4) is 0 Å². The molecule has 1 saturated heterocycles. The van der Waals surface area contributed by atoms with Crippen LogP contribution in [0.3, 0.4) is 0 Å². The SMILES string of the molecule is CCn1c(CN2CCN(c3nsc4ccccc34)CC2)nnc1C1CC(N)C1. The quantitative estimate of drug-likeness (QED) is 0.713. The van der Waals surface area contributed by atoms with Gasteiger partial charge in [0.05, 0.1) is 11.2 Å². The Hall–Kier alpha value is -2.03. The standard InChI is InChI=1S/C20H27N7S/c1-2-27-18(22-23-19(27)14-11-15(21)12-14)13-25-7-9-26(10-8-25)20-16-5-3-4-6-17(16)28-24-20/h3-6,14-15H,2,7-13,21H2,1H3. The van der Waals surface area contributed by atoms with Crippen LogP contribution in [-0.4, -0.2) is 56.3 Å². The first-order valence-electron chi connectivity index (χ1n) is 10.2. The van der Waals surface area contributed by atoms with Crippen LogP contribution in [0.4, 0.5) is 5.82 Å². The average Bonchev–Trinajstić information content (AvgIpc) is 3.30. The molecule has 0 spiro atoms. The summed E-state index contributed by atoms with van der Waals surface area (Å²) >= 11 is 1.59. The lowest BCUT2D eigenvalue weighted by molar-refractivity contribution is 0.239. The van der Waals surface area contributed by atoms with Crippen molar-refractivity contribution in [2.24, 2.45) is 5.73 Å². The highest BCUT2D eigenvalue weighted by molar-refractivity contribution is 7.13. The minimum Gasteiger partial charge on any atom is -0.353 e. The molecule has 1 aromatic carbocycles. The Labute approximate surface area is 169 Å². The van der Waals surface area contributed by atoms with Gasteiger partial charge in [-0.3, -0.25) is 4.90 Å². The number of aromatic nitrogens is 4. The van der Waals surface area contributed by atoms with E-state index in [1.807, 2.05) is 0 Å². The van der Waals surface area contributed by atoms with E-state index >= 15 is 0 Å². The van der Waals surface area contributed by atoms with Gasteiger partial charge in [-0.25, -0.2) is 0 Å². The highest BCUT2D eigenvalue weighted by atomic mass is 32.1. The Balaban J connectivity index is 1.24. The molecule has 0 atom stereocenters. The van der Waals surface area contributed by atoms with Crippen molar-refractivity contribution < 1.29 is 0 Å². The van der Waals surface area contributed by atoms with E-state index in [-0.39, 0.29) is 0 Å². The van der Waals surface area contributed by atoms with E-state index in [9.17, 15) is 0 Å². The second-order valence-corrected chi connectivity index (χ2v) is 8.72. The molecule has 3 aromatic rings. The molecule has 1 aliphatic heterocycles. The maximum absolute atomic E-state index is 5.97. The number of rotatable bonds is 5. The molecule has 0 unspecified atom stereocenters. The largest absolute Gasteiger partial charge is 0.353 e. The molecule has 2 N–H and O–H groups in total. The summed E-state index contributed by atoms with van der Waals surface area (Å²) in [5, 5.41) is 10.3. The topological polar surface area (TPSA) is 76.1 Å². The molecular weight excluding hydrogens is 370 g/mol. The Bertz CT molecular complexity index is 951. The van der Waals surface area contributed by atoms with Gasteiger partial charge in [0.1, 0.15) is 17.5 Å². The van der Waals surface area contributed by atoms with Gasteiger partial charge >= 0.3 is 0 Å². The van der Waals surface area contributed by atoms with E-state index in [1.165, 1.54) is 10.1 Å². The Kier molecular flexibility index (Phi) is 4.78. The fourth-order valence-corrected chi connectivity index (χ4v) is 5.20. The van der Waals surface area contributed by atoms with Crippen LogP contribution < -0.4 is 10.6 Å². The van der Waals surface area contributed by atoms with Crippen LogP contribution in [-0.2, 0) is 13.1 Å². The van der Waals surface area contributed by atoms with Gasteiger partial charge in [-0.1, -0.05) is 12.1 Å². The van der Waals surface area contributed by atoms with Crippen molar-refractivity contribution in [1.82, 2.24) is 24.0 Å². The predicted molar refractivity (Wildman–Crippen MR) is 113 cm³/mol. The third kappa shape index (κ3) is 3.19. The number of hydrogen-bond donors (Lipinski definition) is 1. The molecule has 0 radical (unpaired) electrons. The molecule has 7 nitrogen and oxygen atoms in total. The number of anilines is 1. The highest BCUT2D eigenvalue weighted by Crippen LogP contribution is 2.35. The van der Waals surface area contributed by atoms with Gasteiger partial charge in [0.25, 0.3) is 0 Å². The van der Waals surface area contributed by atoms with Gasteiger partial charge < -0.3 is 15.2 Å². The van der Waals surface area contributed by atoms with Crippen LogP contribution in [0.2, 0.25) is 0 Å². The number of piperazine rings is 1. The fourth-order valence-electron chi connectivity index (χ4n) is 4.40. The van der Waals surface area contributed by atoms with Crippen molar-refractivity contribution in [1.29, 1.82) is 0 Å². The molecule has 0 amide bonds. The number of benzene rings is 1. The zero-order chi connectivity index (χ0) is 19.1. The smallest absolute Gasteiger partial charge is 0.150 e. The van der Waals surface area contributed by atoms with E-state index < -0.39 is 0 Å². The van der Waals surface area contributed by atoms with Crippen LogP contribution >= 0.6 is 11.5 Å². The summed E-state index contributed by atoms with van der Waals surface area (Å²) in [7, 11) is 0. The van der Waals surface area contributed by atoms with E-state index in [4.69, 9.17) is 10.1 Å². The Morgan fingerprint density at radius 2 is 1.89 bits per heavy atom. The van der Waals surface area contributed by atoms with E-state index in [0.29, 0.717) is 12.0 Å². The van der Waals surface area contributed by atoms with Crippen LogP contribution in [0, 0.1) is 0 Å². The number of fused-ring (bicyclic) bond motifs is 1. The molecule has 3 heterocycles. The maximum atomic E-state index is 5.97. The van der Waals surface area contributed by atoms with Gasteiger partial charge in [-0.15, -0.1) is 10.2 Å². The first-order valence-corrected chi connectivity index (χ1v) is 11.0. The summed E-state index contributed by atoms with van der Waals surface area (Å²) in [5.74, 6) is 3.85. The summed E-state index contributed by atoms with van der Waals surface area (Å²) < 4.78 is 8.28. The first-order chi connectivity index (χ1) is 13.7. The highest BCUT2D eigenvalue weighted by Gasteiger charge is 2.32. The second kappa shape index (κ2) is 7.42. The summed E-state index contributed by atoms with van der Waals surface area (Å²) in [4.78, 5) is 4.90. The van der Waals surface area contributed by atoms with Crippen LogP contribution in [0.5, 0.6) is 0 Å². The molecule has 1 aliphatic carbocycles. The van der Waals surface area contributed by atoms with Gasteiger partial charge in [0, 0.05) is 50.1 Å². The summed E-state index contributed by atoms with van der Waals surface area (Å²) in [5.41, 5.74) is 5.97. The predicted octanol–water partition coefficient (Wildman–Crippen LogP) is 2.43. The minimum absolute atomic E-state index is 0.338. The maximum Gasteiger partial charge on any atom is 0.150 e. The molecule has 2 aromatic heterocycles. The second-order valence-electron chi connectivity index (χ2n) is 7.91. The van der Waals surface area contributed by atoms with E-state index in [0.717, 1.165) is 69.6 Å². The summed E-state index contributed by atoms with van der Waals surface area (Å²) in [6.45, 7) is 8.01. The number of hydrogen-bond acceptors (Lipinski definition) is 7. The monoisotopic (exact) mass is 397 g/mol. The molecule has 28 heavy (non-hydrogen) atoms. The van der Waals surface area contributed by atoms with Gasteiger partial charge in [-0.2, -0.15) is 4.37 Å². The molecule has 0 bridgehead atoms. The molecular formula is C20H27N7S. The lowest BCUT2D eigenvalue weighted by Crippen LogP contribution is -2.46. The summed E-state index contributed by atoms with van der Waals surface area (Å²) in [6.07, 6.45) is 2.08. The van der Waals surface area contributed by atoms with E-state index in [2.05, 4.69) is 55.8 Å². The Morgan fingerprint density at radius 3 is 2.64 bits per heavy atom. The minimum atomic E-state index is 0.338. The zero-order valence-corrected chi connectivity index (χ0v) is 17.1. The molecule has 5 rings (SSSR count). The lowest BCUT2D eigenvalue weighted by Gasteiger charge is -2.35. The average molecular weight is 398 g/mol. The van der Waals surface area contributed by atoms with Gasteiger partial charge in [0.2, 0.25) is 0 Å². The van der Waals surface area contributed by atoms with Crippen molar-refractivity contribution in [3.63, 3.8) is 0 Å². The summed E-state index contributed by atoms with van der Waals surface area (Å²) in [6, 6.07) is 8.85. The fraction of sp³-hybridized carbons (Fsp3) is 0.550. The zero-order valence-electron chi connectivity index (χ0n) is 16.3. The molecule has 1 saturated carbocycles. The molecule has 8 heteroatoms. The van der Waals surface area contributed by atoms with Crippen LogP contribution in [0.15, 0.2) is 24.3 Å². The number of nitrogens with two attached hydrogens (primary N) is 1. The third-order valence-electron chi connectivity index (χ3n) is 6.11. The van der Waals surface area contributed by atoms with Crippen molar-refractivity contribution in [2.75, 3.05) is 31.1 Å². The van der Waals surface area contributed by atoms with Crippen molar-refractivity contribution >= 4 is 27.4 Å².